The summed E-state index contributed by atoms with van der Waals surface area (Å²) < 4.78 is 4.92. The summed E-state index contributed by atoms with van der Waals surface area (Å²) in [6, 6.07) is 0. The van der Waals surface area contributed by atoms with Gasteiger partial charge in [-0.1, -0.05) is 19.8 Å². The van der Waals surface area contributed by atoms with E-state index in [9.17, 15) is 4.79 Å². The number of likely N-dealkylation sites (tertiary alicyclic amines) is 1. The molecule has 0 aromatic rings. The van der Waals surface area contributed by atoms with Crippen LogP contribution < -0.4 is 0 Å². The molecule has 1 saturated heterocycles. The lowest BCUT2D eigenvalue weighted by atomic mass is 9.96. The van der Waals surface area contributed by atoms with Crippen molar-refractivity contribution in [3.63, 3.8) is 0 Å². The molecule has 1 aliphatic rings. The minimum Gasteiger partial charge on any atom is -0.468 e. The van der Waals surface area contributed by atoms with Crippen LogP contribution >= 0.6 is 0 Å². The smallest absolute Gasteiger partial charge is 0.325 e. The van der Waals surface area contributed by atoms with E-state index in [4.69, 9.17) is 4.74 Å². The fourth-order valence-electron chi connectivity index (χ4n) is 2.28. The Morgan fingerprint density at radius 2 is 1.80 bits per heavy atom. The van der Waals surface area contributed by atoms with Gasteiger partial charge in [0.1, 0.15) is 5.54 Å². The molecule has 3 nitrogen and oxygen atoms in total. The fraction of sp³-hybridized carbons (Fsp3) is 0.917. The Kier molecular flexibility index (Phi) is 4.58. The molecule has 0 saturated carbocycles. The molecule has 1 heterocycles. The van der Waals surface area contributed by atoms with Crippen molar-refractivity contribution in [2.75, 3.05) is 20.2 Å². The number of carbonyl (C=O) groups excluding carboxylic acids is 1. The Morgan fingerprint density at radius 3 is 2.20 bits per heavy atom. The first-order valence-corrected chi connectivity index (χ1v) is 5.98. The summed E-state index contributed by atoms with van der Waals surface area (Å²) in [7, 11) is 1.48. The summed E-state index contributed by atoms with van der Waals surface area (Å²) >= 11 is 0. The zero-order valence-corrected chi connectivity index (χ0v) is 10.2. The summed E-state index contributed by atoms with van der Waals surface area (Å²) in [5, 5.41) is 0. The van der Waals surface area contributed by atoms with Crippen LogP contribution in [0.25, 0.3) is 0 Å². The van der Waals surface area contributed by atoms with Gasteiger partial charge in [0.15, 0.2) is 0 Å². The maximum atomic E-state index is 11.8. The van der Waals surface area contributed by atoms with Gasteiger partial charge in [-0.15, -0.1) is 0 Å². The number of ether oxygens (including phenoxy) is 1. The van der Waals surface area contributed by atoms with Crippen molar-refractivity contribution in [1.82, 2.24) is 4.90 Å². The normalized spacial score (nSPS) is 22.9. The second-order valence-electron chi connectivity index (χ2n) is 4.52. The standard InChI is InChI=1S/C12H23NO2/c1-4-12(2,11(14)15-3)13-9-7-5-6-8-10-13/h4-10H2,1-3H3. The molecule has 1 atom stereocenters. The van der Waals surface area contributed by atoms with Gasteiger partial charge in [0, 0.05) is 0 Å². The van der Waals surface area contributed by atoms with Crippen LogP contribution in [-0.2, 0) is 9.53 Å². The van der Waals surface area contributed by atoms with Gasteiger partial charge in [0.25, 0.3) is 0 Å². The summed E-state index contributed by atoms with van der Waals surface area (Å²) in [4.78, 5) is 14.1. The Labute approximate surface area is 92.8 Å². The maximum absolute atomic E-state index is 11.8. The van der Waals surface area contributed by atoms with Crippen molar-refractivity contribution in [2.24, 2.45) is 0 Å². The molecule has 1 rings (SSSR count). The molecule has 1 unspecified atom stereocenters. The van der Waals surface area contributed by atoms with Gasteiger partial charge >= 0.3 is 5.97 Å². The number of hydrogen-bond donors (Lipinski definition) is 0. The number of carbonyl (C=O) groups is 1. The molecular formula is C12H23NO2. The summed E-state index contributed by atoms with van der Waals surface area (Å²) in [5.74, 6) is -0.0908. The predicted octanol–water partition coefficient (Wildman–Crippen LogP) is 2.20. The molecule has 3 heteroatoms. The molecule has 0 bridgehead atoms. The van der Waals surface area contributed by atoms with Crippen molar-refractivity contribution in [3.05, 3.63) is 0 Å². The minimum atomic E-state index is -0.418. The van der Waals surface area contributed by atoms with E-state index < -0.39 is 5.54 Å². The number of nitrogens with zero attached hydrogens (tertiary/aromatic N) is 1. The Hall–Kier alpha value is -0.570. The highest BCUT2D eigenvalue weighted by molar-refractivity contribution is 5.80. The first kappa shape index (κ1) is 12.5. The van der Waals surface area contributed by atoms with E-state index in [1.807, 2.05) is 6.92 Å². The van der Waals surface area contributed by atoms with E-state index in [1.54, 1.807) is 0 Å². The number of rotatable bonds is 3. The first-order chi connectivity index (χ1) is 7.15. The van der Waals surface area contributed by atoms with Crippen molar-refractivity contribution in [3.8, 4) is 0 Å². The second-order valence-corrected chi connectivity index (χ2v) is 4.52. The summed E-state index contributed by atoms with van der Waals surface area (Å²) in [6.45, 7) is 6.12. The van der Waals surface area contributed by atoms with Crippen molar-refractivity contribution < 1.29 is 9.53 Å². The van der Waals surface area contributed by atoms with Gasteiger partial charge in [-0.2, -0.15) is 0 Å². The Morgan fingerprint density at radius 1 is 1.27 bits per heavy atom. The van der Waals surface area contributed by atoms with E-state index in [1.165, 1.54) is 32.8 Å². The van der Waals surface area contributed by atoms with Crippen LogP contribution in [0, 0.1) is 0 Å². The first-order valence-electron chi connectivity index (χ1n) is 5.98. The van der Waals surface area contributed by atoms with Crippen LogP contribution in [0.15, 0.2) is 0 Å². The highest BCUT2D eigenvalue weighted by atomic mass is 16.5. The monoisotopic (exact) mass is 213 g/mol. The molecule has 0 amide bonds. The Balaban J connectivity index is 2.73. The molecule has 0 spiro atoms. The van der Waals surface area contributed by atoms with E-state index in [2.05, 4.69) is 11.8 Å². The van der Waals surface area contributed by atoms with Crippen LogP contribution in [0.1, 0.15) is 46.0 Å². The van der Waals surface area contributed by atoms with Crippen LogP contribution in [0.5, 0.6) is 0 Å². The van der Waals surface area contributed by atoms with Gasteiger partial charge in [0.2, 0.25) is 0 Å². The van der Waals surface area contributed by atoms with Crippen LogP contribution in [-0.4, -0.2) is 36.6 Å². The number of methoxy groups -OCH3 is 1. The van der Waals surface area contributed by atoms with Gasteiger partial charge in [0.05, 0.1) is 7.11 Å². The largest absolute Gasteiger partial charge is 0.468 e. The fourth-order valence-corrected chi connectivity index (χ4v) is 2.28. The molecular weight excluding hydrogens is 190 g/mol. The van der Waals surface area contributed by atoms with Crippen molar-refractivity contribution >= 4 is 5.97 Å². The van der Waals surface area contributed by atoms with Crippen LogP contribution in [0.4, 0.5) is 0 Å². The molecule has 0 aliphatic carbocycles. The highest BCUT2D eigenvalue weighted by Crippen LogP contribution is 2.24. The zero-order valence-electron chi connectivity index (χ0n) is 10.2. The summed E-state index contributed by atoms with van der Waals surface area (Å²) in [6.07, 6.45) is 5.80. The summed E-state index contributed by atoms with van der Waals surface area (Å²) in [5.41, 5.74) is -0.418. The lowest BCUT2D eigenvalue weighted by molar-refractivity contribution is -0.154. The van der Waals surface area contributed by atoms with E-state index in [0.29, 0.717) is 0 Å². The van der Waals surface area contributed by atoms with Crippen LogP contribution in [0.3, 0.4) is 0 Å². The predicted molar refractivity (Wildman–Crippen MR) is 60.8 cm³/mol. The molecule has 1 aliphatic heterocycles. The average Bonchev–Trinajstić information content (AvgIpc) is 2.55. The molecule has 0 radical (unpaired) electrons. The van der Waals surface area contributed by atoms with Crippen molar-refractivity contribution in [1.29, 1.82) is 0 Å². The van der Waals surface area contributed by atoms with Gasteiger partial charge in [-0.05, 0) is 39.3 Å². The third kappa shape index (κ3) is 2.71. The molecule has 0 aromatic carbocycles. The number of hydrogen-bond acceptors (Lipinski definition) is 3. The zero-order chi connectivity index (χ0) is 11.3. The van der Waals surface area contributed by atoms with E-state index >= 15 is 0 Å². The maximum Gasteiger partial charge on any atom is 0.325 e. The third-order valence-corrected chi connectivity index (χ3v) is 3.62. The highest BCUT2D eigenvalue weighted by Gasteiger charge is 2.38. The molecule has 0 N–H and O–H groups in total. The molecule has 88 valence electrons. The van der Waals surface area contributed by atoms with E-state index in [0.717, 1.165) is 19.5 Å². The third-order valence-electron chi connectivity index (χ3n) is 3.62. The lowest BCUT2D eigenvalue weighted by Crippen LogP contribution is -2.52. The molecule has 15 heavy (non-hydrogen) atoms. The van der Waals surface area contributed by atoms with Crippen molar-refractivity contribution in [2.45, 2.75) is 51.5 Å². The number of esters is 1. The average molecular weight is 213 g/mol. The van der Waals surface area contributed by atoms with Gasteiger partial charge in [-0.3, -0.25) is 9.69 Å². The minimum absolute atomic E-state index is 0.0908. The van der Waals surface area contributed by atoms with Gasteiger partial charge < -0.3 is 4.74 Å². The topological polar surface area (TPSA) is 29.5 Å². The Bertz CT molecular complexity index is 210. The second kappa shape index (κ2) is 5.50. The van der Waals surface area contributed by atoms with Gasteiger partial charge in [-0.25, -0.2) is 0 Å². The SMILES string of the molecule is CCC(C)(C(=O)OC)N1CCCCCC1. The lowest BCUT2D eigenvalue weighted by Gasteiger charge is -2.37. The quantitative estimate of drug-likeness (QED) is 0.673. The molecule has 0 aromatic heterocycles. The molecule has 1 fully saturated rings. The van der Waals surface area contributed by atoms with E-state index in [-0.39, 0.29) is 5.97 Å². The van der Waals surface area contributed by atoms with Crippen LogP contribution in [0.2, 0.25) is 0 Å².